The van der Waals surface area contributed by atoms with Crippen molar-refractivity contribution in [2.24, 2.45) is 0 Å². The number of carboxylic acid groups (broad SMARTS) is 1. The molecule has 0 unspecified atom stereocenters. The zero-order valence-corrected chi connectivity index (χ0v) is 10.4. The number of carbonyl (C=O) groups is 1. The summed E-state index contributed by atoms with van der Waals surface area (Å²) in [6.45, 7) is 0.436. The van der Waals surface area contributed by atoms with Gasteiger partial charge in [-0.1, -0.05) is 12.1 Å². The number of ether oxygens (including phenoxy) is 2. The van der Waals surface area contributed by atoms with E-state index in [1.54, 1.807) is 0 Å². The van der Waals surface area contributed by atoms with Gasteiger partial charge in [0.15, 0.2) is 5.79 Å². The van der Waals surface area contributed by atoms with Crippen molar-refractivity contribution < 1.29 is 32.5 Å². The molecule has 1 aromatic carbocycles. The van der Waals surface area contributed by atoms with E-state index in [-0.39, 0.29) is 31.6 Å². The number of alkyl halides is 3. The van der Waals surface area contributed by atoms with E-state index in [4.69, 9.17) is 14.6 Å². The van der Waals surface area contributed by atoms with Gasteiger partial charge in [-0.15, -0.1) is 0 Å². The second-order valence-electron chi connectivity index (χ2n) is 4.42. The first kappa shape index (κ1) is 14.8. The Kier molecular flexibility index (Phi) is 4.01. The van der Waals surface area contributed by atoms with Gasteiger partial charge in [-0.25, -0.2) is 0 Å². The number of benzene rings is 1. The van der Waals surface area contributed by atoms with Crippen LogP contribution in [0.3, 0.4) is 0 Å². The van der Waals surface area contributed by atoms with Crippen LogP contribution < -0.4 is 0 Å². The summed E-state index contributed by atoms with van der Waals surface area (Å²) in [5, 5.41) is 8.73. The van der Waals surface area contributed by atoms with Crippen molar-refractivity contribution in [3.05, 3.63) is 35.4 Å². The third-order valence-corrected chi connectivity index (χ3v) is 3.05. The molecule has 1 aliphatic heterocycles. The summed E-state index contributed by atoms with van der Waals surface area (Å²) in [4.78, 5) is 10.7. The van der Waals surface area contributed by atoms with Gasteiger partial charge in [0.2, 0.25) is 0 Å². The first-order chi connectivity index (χ1) is 9.33. The first-order valence-corrected chi connectivity index (χ1v) is 6.01. The van der Waals surface area contributed by atoms with E-state index in [0.29, 0.717) is 0 Å². The normalized spacial score (nSPS) is 18.1. The van der Waals surface area contributed by atoms with Crippen molar-refractivity contribution in [1.29, 1.82) is 0 Å². The van der Waals surface area contributed by atoms with Crippen LogP contribution in [0.5, 0.6) is 0 Å². The molecule has 0 radical (unpaired) electrons. The lowest BCUT2D eigenvalue weighted by Gasteiger charge is -2.28. The second kappa shape index (κ2) is 5.41. The summed E-state index contributed by atoms with van der Waals surface area (Å²) in [6, 6.07) is 4.59. The number of halogens is 3. The Morgan fingerprint density at radius 1 is 1.30 bits per heavy atom. The Morgan fingerprint density at radius 3 is 2.50 bits per heavy atom. The molecule has 0 atom stereocenters. The molecule has 0 spiro atoms. The van der Waals surface area contributed by atoms with Crippen LogP contribution in [0, 0.1) is 0 Å². The standard InChI is InChI=1S/C13H13F3O4/c14-13(15,16)10-3-1-2-9(8-10)12(5-4-11(17)18)19-6-7-20-12/h1-3,8H,4-7H2,(H,17,18). The summed E-state index contributed by atoms with van der Waals surface area (Å²) in [5.41, 5.74) is -0.630. The molecule has 0 saturated carbocycles. The number of carboxylic acids is 1. The van der Waals surface area contributed by atoms with E-state index in [1.165, 1.54) is 12.1 Å². The average molecular weight is 290 g/mol. The molecular weight excluding hydrogens is 277 g/mol. The number of aliphatic carboxylic acids is 1. The average Bonchev–Trinajstić information content (AvgIpc) is 2.86. The third kappa shape index (κ3) is 3.10. The molecule has 1 aliphatic rings. The lowest BCUT2D eigenvalue weighted by molar-refractivity contribution is -0.176. The lowest BCUT2D eigenvalue weighted by atomic mass is 9.98. The van der Waals surface area contributed by atoms with Crippen LogP contribution in [0.4, 0.5) is 13.2 Å². The second-order valence-corrected chi connectivity index (χ2v) is 4.42. The molecule has 0 aliphatic carbocycles. The summed E-state index contributed by atoms with van der Waals surface area (Å²) in [7, 11) is 0. The zero-order valence-electron chi connectivity index (χ0n) is 10.4. The topological polar surface area (TPSA) is 55.8 Å². The van der Waals surface area contributed by atoms with Gasteiger partial charge >= 0.3 is 12.1 Å². The van der Waals surface area contributed by atoms with E-state index in [9.17, 15) is 18.0 Å². The Bertz CT molecular complexity index is 493. The SMILES string of the molecule is O=C(O)CCC1(c2cccc(C(F)(F)F)c2)OCCO1. The van der Waals surface area contributed by atoms with Gasteiger partial charge in [0.25, 0.3) is 0 Å². The molecule has 0 amide bonds. The van der Waals surface area contributed by atoms with Crippen LogP contribution in [0.1, 0.15) is 24.0 Å². The Morgan fingerprint density at radius 2 is 1.95 bits per heavy atom. The molecule has 1 fully saturated rings. The van der Waals surface area contributed by atoms with E-state index in [1.807, 2.05) is 0 Å². The molecule has 2 rings (SSSR count). The Labute approximate surface area is 113 Å². The number of hydrogen-bond donors (Lipinski definition) is 1. The monoisotopic (exact) mass is 290 g/mol. The highest BCUT2D eigenvalue weighted by molar-refractivity contribution is 5.66. The number of rotatable bonds is 4. The van der Waals surface area contributed by atoms with Crippen LogP contribution in [0.2, 0.25) is 0 Å². The van der Waals surface area contributed by atoms with E-state index in [0.717, 1.165) is 12.1 Å². The summed E-state index contributed by atoms with van der Waals surface area (Å²) >= 11 is 0. The molecular formula is C13H13F3O4. The minimum absolute atomic E-state index is 0.0381. The van der Waals surface area contributed by atoms with Crippen molar-refractivity contribution in [2.75, 3.05) is 13.2 Å². The van der Waals surface area contributed by atoms with Crippen LogP contribution in [0.25, 0.3) is 0 Å². The quantitative estimate of drug-likeness (QED) is 0.926. The Hall–Kier alpha value is -1.60. The fourth-order valence-electron chi connectivity index (χ4n) is 2.11. The van der Waals surface area contributed by atoms with Crippen LogP contribution in [-0.4, -0.2) is 24.3 Å². The van der Waals surface area contributed by atoms with E-state index < -0.39 is 23.5 Å². The van der Waals surface area contributed by atoms with Gasteiger partial charge in [0.1, 0.15) is 0 Å². The zero-order chi connectivity index (χ0) is 14.8. The fraction of sp³-hybridized carbons (Fsp3) is 0.462. The predicted octanol–water partition coefficient (Wildman–Crippen LogP) is 2.77. The number of hydrogen-bond acceptors (Lipinski definition) is 3. The molecule has 20 heavy (non-hydrogen) atoms. The van der Waals surface area contributed by atoms with Gasteiger partial charge in [0.05, 0.1) is 25.2 Å². The Balaban J connectivity index is 2.32. The minimum atomic E-state index is -4.47. The maximum Gasteiger partial charge on any atom is 0.416 e. The predicted molar refractivity (Wildman–Crippen MR) is 61.9 cm³/mol. The molecule has 4 nitrogen and oxygen atoms in total. The van der Waals surface area contributed by atoms with Crippen molar-refractivity contribution in [3.63, 3.8) is 0 Å². The fourth-order valence-corrected chi connectivity index (χ4v) is 2.11. The minimum Gasteiger partial charge on any atom is -0.481 e. The van der Waals surface area contributed by atoms with Crippen LogP contribution >= 0.6 is 0 Å². The van der Waals surface area contributed by atoms with Crippen molar-refractivity contribution >= 4 is 5.97 Å². The van der Waals surface area contributed by atoms with Crippen LogP contribution in [0.15, 0.2) is 24.3 Å². The highest BCUT2D eigenvalue weighted by Gasteiger charge is 2.40. The maximum atomic E-state index is 12.7. The molecule has 1 heterocycles. The van der Waals surface area contributed by atoms with E-state index in [2.05, 4.69) is 0 Å². The largest absolute Gasteiger partial charge is 0.481 e. The molecule has 1 N–H and O–H groups in total. The molecule has 0 bridgehead atoms. The molecule has 0 aromatic heterocycles. The summed E-state index contributed by atoms with van der Waals surface area (Å²) in [5.74, 6) is -2.46. The van der Waals surface area contributed by atoms with Gasteiger partial charge in [-0.05, 0) is 12.1 Å². The van der Waals surface area contributed by atoms with Crippen molar-refractivity contribution in [1.82, 2.24) is 0 Å². The summed E-state index contributed by atoms with van der Waals surface area (Å²) < 4.78 is 48.9. The maximum absolute atomic E-state index is 12.7. The first-order valence-electron chi connectivity index (χ1n) is 6.01. The van der Waals surface area contributed by atoms with Crippen molar-refractivity contribution in [3.8, 4) is 0 Å². The van der Waals surface area contributed by atoms with Gasteiger partial charge in [0, 0.05) is 12.0 Å². The third-order valence-electron chi connectivity index (χ3n) is 3.05. The highest BCUT2D eigenvalue weighted by atomic mass is 19.4. The lowest BCUT2D eigenvalue weighted by Crippen LogP contribution is -2.28. The molecule has 1 aromatic rings. The molecule has 7 heteroatoms. The highest BCUT2D eigenvalue weighted by Crippen LogP contribution is 2.38. The van der Waals surface area contributed by atoms with E-state index >= 15 is 0 Å². The van der Waals surface area contributed by atoms with Crippen LogP contribution in [-0.2, 0) is 26.2 Å². The molecule has 1 saturated heterocycles. The van der Waals surface area contributed by atoms with Gasteiger partial charge < -0.3 is 14.6 Å². The smallest absolute Gasteiger partial charge is 0.416 e. The van der Waals surface area contributed by atoms with Gasteiger partial charge in [-0.2, -0.15) is 13.2 Å². The van der Waals surface area contributed by atoms with Crippen molar-refractivity contribution in [2.45, 2.75) is 24.8 Å². The summed E-state index contributed by atoms with van der Waals surface area (Å²) in [6.07, 6.45) is -4.76. The molecule has 110 valence electrons. The van der Waals surface area contributed by atoms with Gasteiger partial charge in [-0.3, -0.25) is 4.79 Å².